The minimum atomic E-state index is 0.0161. The summed E-state index contributed by atoms with van der Waals surface area (Å²) in [5, 5.41) is 5.88. The van der Waals surface area contributed by atoms with Crippen LogP contribution in [0.25, 0.3) is 0 Å². The quantitative estimate of drug-likeness (QED) is 0.651. The van der Waals surface area contributed by atoms with Crippen molar-refractivity contribution in [3.05, 3.63) is 0 Å². The van der Waals surface area contributed by atoms with Gasteiger partial charge in [0.05, 0.1) is 0 Å². The van der Waals surface area contributed by atoms with E-state index in [2.05, 4.69) is 10.6 Å². The molecule has 0 radical (unpaired) electrons. The first-order valence-corrected chi connectivity index (χ1v) is 6.99. The minimum absolute atomic E-state index is 0.0161. The van der Waals surface area contributed by atoms with E-state index in [0.29, 0.717) is 25.9 Å². The van der Waals surface area contributed by atoms with Gasteiger partial charge in [-0.05, 0) is 25.8 Å². The third-order valence-electron chi connectivity index (χ3n) is 3.15. The number of nitrogens with one attached hydrogen (secondary N) is 2. The lowest BCUT2D eigenvalue weighted by atomic mass is 10.1. The molecule has 0 aliphatic carbocycles. The average molecular weight is 255 g/mol. The Hall–Kier alpha value is -1.10. The summed E-state index contributed by atoms with van der Waals surface area (Å²) in [4.78, 5) is 25.1. The van der Waals surface area contributed by atoms with Gasteiger partial charge in [0.15, 0.2) is 0 Å². The van der Waals surface area contributed by atoms with Gasteiger partial charge in [0.1, 0.15) is 0 Å². The molecule has 2 N–H and O–H groups in total. The topological polar surface area (TPSA) is 61.4 Å². The number of carbonyl (C=O) groups is 2. The van der Waals surface area contributed by atoms with Crippen molar-refractivity contribution in [2.24, 2.45) is 0 Å². The van der Waals surface area contributed by atoms with Gasteiger partial charge < -0.3 is 15.5 Å². The van der Waals surface area contributed by atoms with Crippen molar-refractivity contribution < 1.29 is 9.59 Å². The minimum Gasteiger partial charge on any atom is -0.356 e. The van der Waals surface area contributed by atoms with Crippen molar-refractivity contribution >= 4 is 11.8 Å². The normalized spacial score (nSPS) is 15.5. The van der Waals surface area contributed by atoms with Crippen molar-refractivity contribution in [3.8, 4) is 0 Å². The van der Waals surface area contributed by atoms with Gasteiger partial charge >= 0.3 is 0 Å². The highest BCUT2D eigenvalue weighted by atomic mass is 16.2. The molecule has 0 aromatic rings. The molecule has 1 heterocycles. The number of carbonyl (C=O) groups excluding carboxylic acids is 2. The number of hydrogen-bond donors (Lipinski definition) is 2. The smallest absolute Gasteiger partial charge is 0.224 e. The first-order valence-electron chi connectivity index (χ1n) is 6.99. The van der Waals surface area contributed by atoms with Crippen LogP contribution in [0.3, 0.4) is 0 Å². The summed E-state index contributed by atoms with van der Waals surface area (Å²) in [5.41, 5.74) is 0. The number of piperidine rings is 1. The molecule has 0 bridgehead atoms. The zero-order valence-electron chi connectivity index (χ0n) is 11.3. The Morgan fingerprint density at radius 1 is 1.06 bits per heavy atom. The van der Waals surface area contributed by atoms with Crippen LogP contribution in [0.5, 0.6) is 0 Å². The summed E-state index contributed by atoms with van der Waals surface area (Å²) in [6.07, 6.45) is 4.35. The molecule has 0 spiro atoms. The maximum atomic E-state index is 11.8. The summed E-state index contributed by atoms with van der Waals surface area (Å²) in [6, 6.07) is 0. The van der Waals surface area contributed by atoms with Crippen LogP contribution in [0.2, 0.25) is 0 Å². The summed E-state index contributed by atoms with van der Waals surface area (Å²) in [5.74, 6) is 0.184. The molecule has 1 aliphatic rings. The van der Waals surface area contributed by atoms with Crippen LogP contribution in [-0.2, 0) is 9.59 Å². The third kappa shape index (κ3) is 6.00. The van der Waals surface area contributed by atoms with Gasteiger partial charge in [0.25, 0.3) is 0 Å². The van der Waals surface area contributed by atoms with Crippen molar-refractivity contribution in [2.45, 2.75) is 39.0 Å². The van der Waals surface area contributed by atoms with E-state index in [4.69, 9.17) is 0 Å². The van der Waals surface area contributed by atoms with Crippen molar-refractivity contribution in [1.29, 1.82) is 0 Å². The Morgan fingerprint density at radius 2 is 1.78 bits per heavy atom. The fraction of sp³-hybridized carbons (Fsp3) is 0.846. The second-order valence-corrected chi connectivity index (χ2v) is 4.64. The fourth-order valence-corrected chi connectivity index (χ4v) is 2.08. The predicted octanol–water partition coefficient (Wildman–Crippen LogP) is 0.505. The third-order valence-corrected chi connectivity index (χ3v) is 3.15. The highest BCUT2D eigenvalue weighted by Gasteiger charge is 2.15. The van der Waals surface area contributed by atoms with Gasteiger partial charge in [-0.2, -0.15) is 0 Å². The Balaban J connectivity index is 2.05. The molecule has 1 aliphatic heterocycles. The molecule has 104 valence electrons. The van der Waals surface area contributed by atoms with E-state index in [9.17, 15) is 9.59 Å². The number of nitrogens with zero attached hydrogens (tertiary/aromatic N) is 1. The predicted molar refractivity (Wildman–Crippen MR) is 71.2 cm³/mol. The Kier molecular flexibility index (Phi) is 7.41. The monoisotopic (exact) mass is 255 g/mol. The van der Waals surface area contributed by atoms with Gasteiger partial charge in [-0.1, -0.05) is 6.92 Å². The number of hydrogen-bond acceptors (Lipinski definition) is 3. The molecule has 2 amide bonds. The molecule has 5 heteroatoms. The Bertz CT molecular complexity index is 263. The SMILES string of the molecule is CCNCCC(=O)NCCC(=O)N1CCCCC1. The van der Waals surface area contributed by atoms with Crippen LogP contribution in [0.1, 0.15) is 39.0 Å². The molecule has 0 unspecified atom stereocenters. The molecule has 0 aromatic carbocycles. The molecule has 1 rings (SSSR count). The van der Waals surface area contributed by atoms with Gasteiger partial charge in [-0.15, -0.1) is 0 Å². The second-order valence-electron chi connectivity index (χ2n) is 4.64. The number of rotatable bonds is 7. The highest BCUT2D eigenvalue weighted by molar-refractivity contribution is 5.79. The van der Waals surface area contributed by atoms with Crippen LogP contribution < -0.4 is 10.6 Å². The molecule has 5 nitrogen and oxygen atoms in total. The molecule has 18 heavy (non-hydrogen) atoms. The van der Waals surface area contributed by atoms with Crippen LogP contribution >= 0.6 is 0 Å². The maximum Gasteiger partial charge on any atom is 0.224 e. The zero-order chi connectivity index (χ0) is 13.2. The number of likely N-dealkylation sites (tertiary alicyclic amines) is 1. The lowest BCUT2D eigenvalue weighted by Crippen LogP contribution is -2.38. The molecule has 0 saturated carbocycles. The van der Waals surface area contributed by atoms with Gasteiger partial charge in [-0.25, -0.2) is 0 Å². The van der Waals surface area contributed by atoms with E-state index in [1.165, 1.54) is 6.42 Å². The molecule has 1 fully saturated rings. The Labute approximate surface area is 109 Å². The Morgan fingerprint density at radius 3 is 2.44 bits per heavy atom. The van der Waals surface area contributed by atoms with Crippen molar-refractivity contribution in [3.63, 3.8) is 0 Å². The van der Waals surface area contributed by atoms with Crippen LogP contribution in [-0.4, -0.2) is 49.4 Å². The standard InChI is InChI=1S/C13H25N3O2/c1-2-14-8-6-12(17)15-9-7-13(18)16-10-4-3-5-11-16/h14H,2-11H2,1H3,(H,15,17). The van der Waals surface area contributed by atoms with Gasteiger partial charge in [0.2, 0.25) is 11.8 Å². The van der Waals surface area contributed by atoms with E-state index in [1.54, 1.807) is 0 Å². The first kappa shape index (κ1) is 15.0. The molecular weight excluding hydrogens is 230 g/mol. The average Bonchev–Trinajstić information content (AvgIpc) is 2.40. The summed E-state index contributed by atoms with van der Waals surface area (Å²) in [6.45, 7) is 5.80. The van der Waals surface area contributed by atoms with Crippen molar-refractivity contribution in [1.82, 2.24) is 15.5 Å². The molecule has 0 atom stereocenters. The summed E-state index contributed by atoms with van der Waals surface area (Å²) in [7, 11) is 0. The highest BCUT2D eigenvalue weighted by Crippen LogP contribution is 2.09. The lowest BCUT2D eigenvalue weighted by Gasteiger charge is -2.26. The number of amides is 2. The summed E-state index contributed by atoms with van der Waals surface area (Å²) >= 11 is 0. The second kappa shape index (κ2) is 8.91. The van der Waals surface area contributed by atoms with E-state index < -0.39 is 0 Å². The van der Waals surface area contributed by atoms with E-state index >= 15 is 0 Å². The van der Waals surface area contributed by atoms with Gasteiger partial charge in [-0.3, -0.25) is 9.59 Å². The fourth-order valence-electron chi connectivity index (χ4n) is 2.08. The summed E-state index contributed by atoms with van der Waals surface area (Å²) < 4.78 is 0. The molecule has 0 aromatic heterocycles. The lowest BCUT2D eigenvalue weighted by molar-refractivity contribution is -0.132. The largest absolute Gasteiger partial charge is 0.356 e. The van der Waals surface area contributed by atoms with Gasteiger partial charge in [0, 0.05) is 39.0 Å². The van der Waals surface area contributed by atoms with Crippen LogP contribution in [0.15, 0.2) is 0 Å². The zero-order valence-corrected chi connectivity index (χ0v) is 11.3. The van der Waals surface area contributed by atoms with E-state index in [1.807, 2.05) is 11.8 Å². The van der Waals surface area contributed by atoms with Crippen LogP contribution in [0.4, 0.5) is 0 Å². The molecular formula is C13H25N3O2. The van der Waals surface area contributed by atoms with Crippen LogP contribution in [0, 0.1) is 0 Å². The van der Waals surface area contributed by atoms with E-state index in [-0.39, 0.29) is 11.8 Å². The maximum absolute atomic E-state index is 11.8. The molecule has 1 saturated heterocycles. The first-order chi connectivity index (χ1) is 8.74. The van der Waals surface area contributed by atoms with Crippen molar-refractivity contribution in [2.75, 3.05) is 32.7 Å². The van der Waals surface area contributed by atoms with E-state index in [0.717, 1.165) is 32.5 Å².